The summed E-state index contributed by atoms with van der Waals surface area (Å²) in [6.45, 7) is 0. The van der Waals surface area contributed by atoms with Gasteiger partial charge in [0.1, 0.15) is 0 Å². The Morgan fingerprint density at radius 1 is 1.05 bits per heavy atom. The lowest BCUT2D eigenvalue weighted by Crippen LogP contribution is -2.33. The van der Waals surface area contributed by atoms with Crippen molar-refractivity contribution in [3.8, 4) is 11.1 Å². The van der Waals surface area contributed by atoms with Gasteiger partial charge >= 0.3 is 5.69 Å². The number of H-pyrrole nitrogens is 2. The maximum Gasteiger partial charge on any atom is 0.323 e. The van der Waals surface area contributed by atoms with Crippen molar-refractivity contribution in [2.75, 3.05) is 0 Å². The van der Waals surface area contributed by atoms with Crippen LogP contribution in [0, 0.1) is 0 Å². The number of rotatable bonds is 2. The Kier molecular flexibility index (Phi) is 2.93. The van der Waals surface area contributed by atoms with Gasteiger partial charge in [-0.15, -0.1) is 0 Å². The minimum absolute atomic E-state index is 0.245. The number of halogens is 1. The summed E-state index contributed by atoms with van der Waals surface area (Å²) < 4.78 is 0. The Morgan fingerprint density at radius 2 is 1.68 bits per heavy atom. The normalized spacial score (nSPS) is 16.6. The lowest BCUT2D eigenvalue weighted by Gasteiger charge is -2.37. The van der Waals surface area contributed by atoms with Crippen LogP contribution in [-0.4, -0.2) is 15.1 Å². The van der Waals surface area contributed by atoms with E-state index in [1.165, 1.54) is 0 Å². The lowest BCUT2D eigenvalue weighted by atomic mass is 9.75. The standard InChI is InChI=1S/C17H15ClN2O2/c18-13-9-15-14(19-16(21)20-15)8-12(13)10-2-4-11(5-3-10)17(22)6-1-7-17/h2-5,8-9,22H,1,6-7H2,(H2,19,20,21). The number of hydrogen-bond donors (Lipinski definition) is 3. The molecule has 0 amide bonds. The van der Waals surface area contributed by atoms with E-state index in [1.807, 2.05) is 30.3 Å². The van der Waals surface area contributed by atoms with Crippen LogP contribution in [0.5, 0.6) is 0 Å². The van der Waals surface area contributed by atoms with Crippen molar-refractivity contribution in [1.29, 1.82) is 0 Å². The predicted molar refractivity (Wildman–Crippen MR) is 87.1 cm³/mol. The Balaban J connectivity index is 1.77. The van der Waals surface area contributed by atoms with Crippen LogP contribution in [0.2, 0.25) is 5.02 Å². The maximum absolute atomic E-state index is 11.4. The van der Waals surface area contributed by atoms with Gasteiger partial charge in [-0.1, -0.05) is 35.9 Å². The van der Waals surface area contributed by atoms with E-state index in [4.69, 9.17) is 11.6 Å². The molecule has 0 spiro atoms. The number of benzene rings is 2. The number of aliphatic hydroxyl groups is 1. The first kappa shape index (κ1) is 13.6. The summed E-state index contributed by atoms with van der Waals surface area (Å²) in [5, 5.41) is 11.0. The number of aromatic amines is 2. The number of aromatic nitrogens is 2. The van der Waals surface area contributed by atoms with Gasteiger partial charge < -0.3 is 15.1 Å². The molecule has 4 nitrogen and oxygen atoms in total. The summed E-state index contributed by atoms with van der Waals surface area (Å²) in [4.78, 5) is 16.8. The van der Waals surface area contributed by atoms with Crippen LogP contribution in [0.3, 0.4) is 0 Å². The smallest absolute Gasteiger partial charge is 0.323 e. The molecule has 0 bridgehead atoms. The SMILES string of the molecule is O=c1[nH]c2cc(Cl)c(-c3ccc(C4(O)CCC4)cc3)cc2[nH]1. The summed E-state index contributed by atoms with van der Waals surface area (Å²) in [5.74, 6) is 0. The van der Waals surface area contributed by atoms with Crippen molar-refractivity contribution >= 4 is 22.6 Å². The Morgan fingerprint density at radius 3 is 2.27 bits per heavy atom. The fourth-order valence-corrected chi connectivity index (χ4v) is 3.31. The second kappa shape index (κ2) is 4.73. The van der Waals surface area contributed by atoms with Crippen LogP contribution < -0.4 is 5.69 Å². The average molecular weight is 315 g/mol. The second-order valence-corrected chi connectivity index (χ2v) is 6.33. The first-order chi connectivity index (χ1) is 10.5. The molecule has 22 heavy (non-hydrogen) atoms. The predicted octanol–water partition coefficient (Wildman–Crippen LogP) is 3.55. The van der Waals surface area contributed by atoms with Crippen molar-refractivity contribution in [1.82, 2.24) is 9.97 Å². The maximum atomic E-state index is 11.4. The highest BCUT2D eigenvalue weighted by Crippen LogP contribution is 2.41. The third-order valence-corrected chi connectivity index (χ3v) is 4.83. The van der Waals surface area contributed by atoms with Gasteiger partial charge in [-0.3, -0.25) is 0 Å². The third kappa shape index (κ3) is 2.07. The molecule has 4 rings (SSSR count). The quantitative estimate of drug-likeness (QED) is 0.677. The molecule has 0 radical (unpaired) electrons. The third-order valence-electron chi connectivity index (χ3n) is 4.52. The van der Waals surface area contributed by atoms with Crippen LogP contribution in [0.15, 0.2) is 41.2 Å². The average Bonchev–Trinajstić information content (AvgIpc) is 2.83. The molecule has 1 fully saturated rings. The van der Waals surface area contributed by atoms with Crippen LogP contribution >= 0.6 is 11.6 Å². The molecule has 1 heterocycles. The van der Waals surface area contributed by atoms with Crippen LogP contribution in [0.1, 0.15) is 24.8 Å². The Labute approximate surface area is 131 Å². The van der Waals surface area contributed by atoms with Gasteiger partial charge in [-0.2, -0.15) is 0 Å². The molecule has 0 aliphatic heterocycles. The van der Waals surface area contributed by atoms with E-state index in [-0.39, 0.29) is 5.69 Å². The summed E-state index contributed by atoms with van der Waals surface area (Å²) in [7, 11) is 0. The van der Waals surface area contributed by atoms with E-state index in [9.17, 15) is 9.90 Å². The largest absolute Gasteiger partial charge is 0.385 e. The molecule has 3 aromatic rings. The minimum Gasteiger partial charge on any atom is -0.385 e. The van der Waals surface area contributed by atoms with Gasteiger partial charge in [0, 0.05) is 5.56 Å². The van der Waals surface area contributed by atoms with E-state index in [0.717, 1.165) is 41.5 Å². The molecule has 0 unspecified atom stereocenters. The lowest BCUT2D eigenvalue weighted by molar-refractivity contribution is -0.0387. The molecule has 0 saturated heterocycles. The fraction of sp³-hybridized carbons (Fsp3) is 0.235. The van der Waals surface area contributed by atoms with E-state index in [1.54, 1.807) is 6.07 Å². The second-order valence-electron chi connectivity index (χ2n) is 5.92. The Hall–Kier alpha value is -2.04. The van der Waals surface area contributed by atoms with Crippen molar-refractivity contribution in [3.63, 3.8) is 0 Å². The zero-order valence-electron chi connectivity index (χ0n) is 11.8. The number of hydrogen-bond acceptors (Lipinski definition) is 2. The molecule has 3 N–H and O–H groups in total. The van der Waals surface area contributed by atoms with Gasteiger partial charge in [0.2, 0.25) is 0 Å². The summed E-state index contributed by atoms with van der Waals surface area (Å²) in [6, 6.07) is 11.4. The van der Waals surface area contributed by atoms with Crippen molar-refractivity contribution in [2.45, 2.75) is 24.9 Å². The molecular weight excluding hydrogens is 300 g/mol. The monoisotopic (exact) mass is 314 g/mol. The van der Waals surface area contributed by atoms with E-state index in [0.29, 0.717) is 10.5 Å². The molecule has 0 atom stereocenters. The van der Waals surface area contributed by atoms with Crippen molar-refractivity contribution in [2.24, 2.45) is 0 Å². The topological polar surface area (TPSA) is 68.9 Å². The molecule has 1 saturated carbocycles. The molecule has 112 valence electrons. The first-order valence-corrected chi connectivity index (χ1v) is 7.68. The molecule has 1 aliphatic carbocycles. The van der Waals surface area contributed by atoms with Gasteiger partial charge in [0.15, 0.2) is 0 Å². The number of imidazole rings is 1. The molecule has 5 heteroatoms. The zero-order chi connectivity index (χ0) is 15.3. The fourth-order valence-electron chi connectivity index (χ4n) is 3.04. The highest BCUT2D eigenvalue weighted by atomic mass is 35.5. The van der Waals surface area contributed by atoms with E-state index >= 15 is 0 Å². The van der Waals surface area contributed by atoms with Crippen LogP contribution in [0.4, 0.5) is 0 Å². The van der Waals surface area contributed by atoms with Crippen LogP contribution in [-0.2, 0) is 5.60 Å². The summed E-state index contributed by atoms with van der Waals surface area (Å²) in [5.41, 5.74) is 3.29. The van der Waals surface area contributed by atoms with Crippen molar-refractivity contribution < 1.29 is 5.11 Å². The molecular formula is C17H15ClN2O2. The number of fused-ring (bicyclic) bond motifs is 1. The van der Waals surface area contributed by atoms with E-state index < -0.39 is 5.60 Å². The van der Waals surface area contributed by atoms with Gasteiger partial charge in [-0.05, 0) is 42.5 Å². The van der Waals surface area contributed by atoms with Gasteiger partial charge in [0.25, 0.3) is 0 Å². The van der Waals surface area contributed by atoms with Gasteiger partial charge in [0.05, 0.1) is 21.7 Å². The minimum atomic E-state index is -0.655. The summed E-state index contributed by atoms with van der Waals surface area (Å²) >= 11 is 6.33. The molecule has 2 aromatic carbocycles. The van der Waals surface area contributed by atoms with Gasteiger partial charge in [-0.25, -0.2) is 4.79 Å². The zero-order valence-corrected chi connectivity index (χ0v) is 12.6. The summed E-state index contributed by atoms with van der Waals surface area (Å²) in [6.07, 6.45) is 2.72. The van der Waals surface area contributed by atoms with Crippen molar-refractivity contribution in [3.05, 3.63) is 57.5 Å². The molecule has 1 aliphatic rings. The highest BCUT2D eigenvalue weighted by Gasteiger charge is 2.35. The molecule has 1 aromatic heterocycles. The Bertz CT molecular complexity index is 905. The first-order valence-electron chi connectivity index (χ1n) is 7.30. The van der Waals surface area contributed by atoms with E-state index in [2.05, 4.69) is 9.97 Å². The number of nitrogens with one attached hydrogen (secondary N) is 2. The van der Waals surface area contributed by atoms with Crippen LogP contribution in [0.25, 0.3) is 22.2 Å². The highest BCUT2D eigenvalue weighted by molar-refractivity contribution is 6.34.